The molecule has 1 fully saturated rings. The molecular formula is C15H23FN2O. The molecular weight excluding hydrogens is 243 g/mol. The van der Waals surface area contributed by atoms with Gasteiger partial charge in [0.05, 0.1) is 6.61 Å². The molecule has 0 heterocycles. The van der Waals surface area contributed by atoms with Gasteiger partial charge in [-0.15, -0.1) is 0 Å². The Morgan fingerprint density at radius 1 is 1.47 bits per heavy atom. The zero-order valence-electron chi connectivity index (χ0n) is 11.7. The van der Waals surface area contributed by atoms with Crippen LogP contribution >= 0.6 is 0 Å². The van der Waals surface area contributed by atoms with E-state index in [9.17, 15) is 4.39 Å². The van der Waals surface area contributed by atoms with Crippen molar-refractivity contribution in [1.82, 2.24) is 0 Å². The van der Waals surface area contributed by atoms with E-state index in [1.807, 2.05) is 6.07 Å². The van der Waals surface area contributed by atoms with Crippen LogP contribution < -0.4 is 10.6 Å². The number of hydrogen-bond donors (Lipinski definition) is 1. The van der Waals surface area contributed by atoms with Crippen molar-refractivity contribution in [1.29, 1.82) is 0 Å². The molecule has 1 aliphatic carbocycles. The Morgan fingerprint density at radius 2 is 2.21 bits per heavy atom. The Balaban J connectivity index is 2.18. The maximum atomic E-state index is 13.9. The van der Waals surface area contributed by atoms with Crippen molar-refractivity contribution in [3.05, 3.63) is 29.6 Å². The second-order valence-electron chi connectivity index (χ2n) is 5.24. The summed E-state index contributed by atoms with van der Waals surface area (Å²) in [7, 11) is 1.69. The molecule has 2 rings (SSSR count). The minimum Gasteiger partial charge on any atom is -0.383 e. The fourth-order valence-electron chi connectivity index (χ4n) is 2.47. The van der Waals surface area contributed by atoms with Crippen molar-refractivity contribution in [3.8, 4) is 0 Å². The van der Waals surface area contributed by atoms with E-state index in [-0.39, 0.29) is 12.4 Å². The summed E-state index contributed by atoms with van der Waals surface area (Å²) in [4.78, 5) is 2.24. The number of halogens is 1. The molecule has 1 aliphatic rings. The maximum absolute atomic E-state index is 13.9. The van der Waals surface area contributed by atoms with Gasteiger partial charge in [-0.3, -0.25) is 0 Å². The lowest BCUT2D eigenvalue weighted by Crippen LogP contribution is -2.37. The van der Waals surface area contributed by atoms with Crippen LogP contribution in [0.4, 0.5) is 10.1 Å². The monoisotopic (exact) mass is 266 g/mol. The summed E-state index contributed by atoms with van der Waals surface area (Å²) in [5, 5.41) is 0. The van der Waals surface area contributed by atoms with E-state index < -0.39 is 0 Å². The number of benzene rings is 1. The predicted molar refractivity (Wildman–Crippen MR) is 75.7 cm³/mol. The van der Waals surface area contributed by atoms with Crippen molar-refractivity contribution < 1.29 is 9.13 Å². The third-order valence-electron chi connectivity index (χ3n) is 3.92. The van der Waals surface area contributed by atoms with Gasteiger partial charge in [0, 0.05) is 37.5 Å². The Bertz CT molecular complexity index is 421. The van der Waals surface area contributed by atoms with Crippen molar-refractivity contribution >= 4 is 5.69 Å². The molecule has 0 radical (unpaired) electrons. The lowest BCUT2D eigenvalue weighted by atomic mass is 10.1. The third kappa shape index (κ3) is 3.45. The van der Waals surface area contributed by atoms with Gasteiger partial charge in [-0.05, 0) is 37.8 Å². The van der Waals surface area contributed by atoms with E-state index in [2.05, 4.69) is 11.8 Å². The van der Waals surface area contributed by atoms with Gasteiger partial charge in [0.1, 0.15) is 5.82 Å². The van der Waals surface area contributed by atoms with Crippen molar-refractivity contribution in [2.75, 3.05) is 25.2 Å². The Kier molecular flexibility index (Phi) is 4.77. The predicted octanol–water partition coefficient (Wildman–Crippen LogP) is 2.54. The maximum Gasteiger partial charge on any atom is 0.129 e. The fourth-order valence-corrected chi connectivity index (χ4v) is 2.47. The Morgan fingerprint density at radius 3 is 2.74 bits per heavy atom. The summed E-state index contributed by atoms with van der Waals surface area (Å²) < 4.78 is 19.0. The quantitative estimate of drug-likeness (QED) is 0.824. The van der Waals surface area contributed by atoms with Crippen LogP contribution in [0.25, 0.3) is 0 Å². The number of hydrogen-bond acceptors (Lipinski definition) is 3. The fraction of sp³-hybridized carbons (Fsp3) is 0.600. The summed E-state index contributed by atoms with van der Waals surface area (Å²) >= 11 is 0. The van der Waals surface area contributed by atoms with E-state index in [1.165, 1.54) is 12.8 Å². The van der Waals surface area contributed by atoms with Crippen molar-refractivity contribution in [3.63, 3.8) is 0 Å². The van der Waals surface area contributed by atoms with Gasteiger partial charge in [-0.25, -0.2) is 4.39 Å². The van der Waals surface area contributed by atoms with Gasteiger partial charge in [0.25, 0.3) is 0 Å². The van der Waals surface area contributed by atoms with Crippen LogP contribution in [0, 0.1) is 11.7 Å². The zero-order valence-corrected chi connectivity index (χ0v) is 11.7. The Labute approximate surface area is 114 Å². The van der Waals surface area contributed by atoms with Crippen molar-refractivity contribution in [2.24, 2.45) is 11.7 Å². The lowest BCUT2D eigenvalue weighted by Gasteiger charge is -2.31. The molecule has 0 spiro atoms. The number of methoxy groups -OCH3 is 1. The van der Waals surface area contributed by atoms with Gasteiger partial charge >= 0.3 is 0 Å². The smallest absolute Gasteiger partial charge is 0.129 e. The molecule has 1 aromatic rings. The van der Waals surface area contributed by atoms with Gasteiger partial charge in [-0.2, -0.15) is 0 Å². The first-order valence-electron chi connectivity index (χ1n) is 6.91. The molecule has 3 nitrogen and oxygen atoms in total. The van der Waals surface area contributed by atoms with Crippen LogP contribution in [-0.4, -0.2) is 26.3 Å². The highest BCUT2D eigenvalue weighted by atomic mass is 19.1. The molecule has 0 amide bonds. The van der Waals surface area contributed by atoms with E-state index in [1.54, 1.807) is 19.2 Å². The summed E-state index contributed by atoms with van der Waals surface area (Å²) in [6.07, 6.45) is 2.54. The standard InChI is InChI=1S/C15H23FN2O/c1-11(12-3-4-12)18(7-8-19-2)14-6-5-13(10-17)15(16)9-14/h5-6,9,11-12H,3-4,7-8,10,17H2,1-2H3. The summed E-state index contributed by atoms with van der Waals surface area (Å²) in [6.45, 7) is 3.89. The normalized spacial score (nSPS) is 16.4. The van der Waals surface area contributed by atoms with E-state index >= 15 is 0 Å². The molecule has 0 aromatic heterocycles. The van der Waals surface area contributed by atoms with E-state index in [0.29, 0.717) is 18.2 Å². The summed E-state index contributed by atoms with van der Waals surface area (Å²) in [6, 6.07) is 5.76. The molecule has 1 atom stereocenters. The van der Waals surface area contributed by atoms with E-state index in [0.717, 1.165) is 18.2 Å². The zero-order chi connectivity index (χ0) is 13.8. The van der Waals surface area contributed by atoms with Crippen LogP contribution in [0.5, 0.6) is 0 Å². The minimum absolute atomic E-state index is 0.217. The SMILES string of the molecule is COCCN(c1ccc(CN)c(F)c1)C(C)C1CC1. The highest BCUT2D eigenvalue weighted by Crippen LogP contribution is 2.37. The summed E-state index contributed by atoms with van der Waals surface area (Å²) in [5.74, 6) is 0.513. The largest absolute Gasteiger partial charge is 0.383 e. The second-order valence-corrected chi connectivity index (χ2v) is 5.24. The van der Waals surface area contributed by atoms with Gasteiger partial charge in [0.2, 0.25) is 0 Å². The molecule has 4 heteroatoms. The average Bonchev–Trinajstić information content (AvgIpc) is 3.23. The van der Waals surface area contributed by atoms with Crippen LogP contribution in [0.3, 0.4) is 0 Å². The minimum atomic E-state index is -0.217. The molecule has 0 aliphatic heterocycles. The highest BCUT2D eigenvalue weighted by molar-refractivity contribution is 5.49. The topological polar surface area (TPSA) is 38.5 Å². The first kappa shape index (κ1) is 14.3. The molecule has 1 aromatic carbocycles. The number of ether oxygens (including phenoxy) is 1. The second kappa shape index (κ2) is 6.35. The van der Waals surface area contributed by atoms with Crippen LogP contribution in [0.15, 0.2) is 18.2 Å². The molecule has 0 saturated heterocycles. The van der Waals surface area contributed by atoms with Gasteiger partial charge < -0.3 is 15.4 Å². The van der Waals surface area contributed by atoms with Crippen LogP contribution in [-0.2, 0) is 11.3 Å². The summed E-state index contributed by atoms with van der Waals surface area (Å²) in [5.41, 5.74) is 6.99. The third-order valence-corrected chi connectivity index (χ3v) is 3.92. The first-order chi connectivity index (χ1) is 9.17. The molecule has 0 bridgehead atoms. The average molecular weight is 266 g/mol. The molecule has 1 unspecified atom stereocenters. The van der Waals surface area contributed by atoms with E-state index in [4.69, 9.17) is 10.5 Å². The van der Waals surface area contributed by atoms with Crippen LogP contribution in [0.1, 0.15) is 25.3 Å². The highest BCUT2D eigenvalue weighted by Gasteiger charge is 2.32. The molecule has 1 saturated carbocycles. The molecule has 2 N–H and O–H groups in total. The first-order valence-corrected chi connectivity index (χ1v) is 6.91. The molecule has 19 heavy (non-hydrogen) atoms. The van der Waals surface area contributed by atoms with Gasteiger partial charge in [-0.1, -0.05) is 6.07 Å². The number of rotatable bonds is 7. The van der Waals surface area contributed by atoms with Crippen LogP contribution in [0.2, 0.25) is 0 Å². The number of anilines is 1. The van der Waals surface area contributed by atoms with Crippen molar-refractivity contribution in [2.45, 2.75) is 32.4 Å². The molecule has 106 valence electrons. The Hall–Kier alpha value is -1.13. The number of nitrogens with two attached hydrogens (primary N) is 1. The number of nitrogens with zero attached hydrogens (tertiary/aromatic N) is 1. The lowest BCUT2D eigenvalue weighted by molar-refractivity contribution is 0.202. The van der Waals surface area contributed by atoms with Gasteiger partial charge in [0.15, 0.2) is 0 Å².